The molecular formula is C22H24N4O6S2. The molecule has 1 amide bonds. The Morgan fingerprint density at radius 1 is 1.24 bits per heavy atom. The van der Waals surface area contributed by atoms with Crippen LogP contribution in [0, 0.1) is 24.0 Å². The zero-order valence-electron chi connectivity index (χ0n) is 18.8. The smallest absolute Gasteiger partial charge is 0.339 e. The maximum Gasteiger partial charge on any atom is 0.339 e. The van der Waals surface area contributed by atoms with Crippen molar-refractivity contribution in [2.24, 2.45) is 10.2 Å². The minimum atomic E-state index is -4.35. The number of thioether (sulfide) groups is 1. The predicted molar refractivity (Wildman–Crippen MR) is 131 cm³/mol. The van der Waals surface area contributed by atoms with Gasteiger partial charge in [-0.2, -0.15) is 13.5 Å². The lowest BCUT2D eigenvalue weighted by atomic mass is 10.1. The average molecular weight is 505 g/mol. The van der Waals surface area contributed by atoms with Gasteiger partial charge in [-0.3, -0.25) is 14.9 Å². The van der Waals surface area contributed by atoms with Gasteiger partial charge >= 0.3 is 10.1 Å². The van der Waals surface area contributed by atoms with E-state index in [0.717, 1.165) is 30.9 Å². The van der Waals surface area contributed by atoms with Crippen LogP contribution < -0.4 is 9.50 Å². The van der Waals surface area contributed by atoms with Crippen molar-refractivity contribution in [3.05, 3.63) is 63.2 Å². The third kappa shape index (κ3) is 6.20. The quantitative estimate of drug-likeness (QED) is 0.235. The summed E-state index contributed by atoms with van der Waals surface area (Å²) < 4.78 is 30.9. The first kappa shape index (κ1) is 25.4. The summed E-state index contributed by atoms with van der Waals surface area (Å²) in [5, 5.41) is 22.1. The van der Waals surface area contributed by atoms with Gasteiger partial charge in [-0.1, -0.05) is 49.2 Å². The molecule has 12 heteroatoms. The number of nitrogens with one attached hydrogen (secondary N) is 1. The number of benzene rings is 2. The Morgan fingerprint density at radius 2 is 2.00 bits per heavy atom. The summed E-state index contributed by atoms with van der Waals surface area (Å²) in [6, 6.07) is 8.36. The largest absolute Gasteiger partial charge is 0.378 e. The molecule has 0 saturated carbocycles. The number of nitrogens with zero attached hydrogens (tertiary/aromatic N) is 3. The molecule has 1 atom stereocenters. The standard InChI is InChI=1S/C22H24N4O6S2/c1-4-5-6-20-21(27)24-22(33-20)25-23-13-16-11-14(2)7-10-19(16)32-34(30,31)17-9-8-15(3)18(12-17)26(28)29/h7-13,20H,4-6H2,1-3H3,(H,24,25,27)/t20-/m1/s1. The van der Waals surface area contributed by atoms with Crippen LogP contribution in [0.25, 0.3) is 0 Å². The Hall–Kier alpha value is -3.25. The summed E-state index contributed by atoms with van der Waals surface area (Å²) >= 11 is 1.31. The molecule has 0 unspecified atom stereocenters. The number of amides is 1. The number of carbonyl (C=O) groups excluding carboxylic acids is 1. The monoisotopic (exact) mass is 504 g/mol. The van der Waals surface area contributed by atoms with E-state index in [0.29, 0.717) is 16.3 Å². The predicted octanol–water partition coefficient (Wildman–Crippen LogP) is 4.09. The molecule has 10 nitrogen and oxygen atoms in total. The Bertz CT molecular complexity index is 1270. The van der Waals surface area contributed by atoms with Crippen LogP contribution in [0.1, 0.15) is 42.9 Å². The summed E-state index contributed by atoms with van der Waals surface area (Å²) in [7, 11) is -4.35. The highest BCUT2D eigenvalue weighted by atomic mass is 32.2. The summed E-state index contributed by atoms with van der Waals surface area (Å²) in [6.07, 6.45) is 4.00. The fourth-order valence-electron chi connectivity index (χ4n) is 3.13. The molecular weight excluding hydrogens is 480 g/mol. The number of aryl methyl sites for hydroxylation is 2. The lowest BCUT2D eigenvalue weighted by Crippen LogP contribution is -2.24. The van der Waals surface area contributed by atoms with Gasteiger partial charge in [0, 0.05) is 17.2 Å². The number of amidine groups is 1. The van der Waals surface area contributed by atoms with Crippen LogP contribution in [0.5, 0.6) is 5.75 Å². The molecule has 3 rings (SSSR count). The number of nitro groups is 1. The van der Waals surface area contributed by atoms with Crippen LogP contribution in [0.2, 0.25) is 0 Å². The molecule has 2 aromatic carbocycles. The van der Waals surface area contributed by atoms with Gasteiger partial charge in [-0.25, -0.2) is 0 Å². The van der Waals surface area contributed by atoms with E-state index < -0.39 is 15.0 Å². The van der Waals surface area contributed by atoms with Crippen molar-refractivity contribution < 1.29 is 22.3 Å². The van der Waals surface area contributed by atoms with Crippen LogP contribution >= 0.6 is 11.8 Å². The van der Waals surface area contributed by atoms with Gasteiger partial charge in [0.15, 0.2) is 10.9 Å². The van der Waals surface area contributed by atoms with Gasteiger partial charge in [0.2, 0.25) is 5.91 Å². The molecule has 34 heavy (non-hydrogen) atoms. The van der Waals surface area contributed by atoms with Crippen molar-refractivity contribution >= 4 is 44.9 Å². The second-order valence-electron chi connectivity index (χ2n) is 7.67. The van der Waals surface area contributed by atoms with Gasteiger partial charge in [0.1, 0.15) is 4.90 Å². The maximum absolute atomic E-state index is 12.8. The summed E-state index contributed by atoms with van der Waals surface area (Å²) in [4.78, 5) is 22.2. The molecule has 2 aromatic rings. The molecule has 0 aromatic heterocycles. The van der Waals surface area contributed by atoms with E-state index in [1.807, 2.05) is 6.92 Å². The molecule has 1 saturated heterocycles. The third-order valence-electron chi connectivity index (χ3n) is 4.97. The Morgan fingerprint density at radius 3 is 2.71 bits per heavy atom. The Labute approximate surface area is 201 Å². The number of rotatable bonds is 9. The molecule has 0 spiro atoms. The third-order valence-corrected chi connectivity index (χ3v) is 7.34. The van der Waals surface area contributed by atoms with Gasteiger partial charge in [0.05, 0.1) is 16.4 Å². The first-order chi connectivity index (χ1) is 16.1. The van der Waals surface area contributed by atoms with Crippen LogP contribution in [0.4, 0.5) is 5.69 Å². The minimum Gasteiger partial charge on any atom is -0.378 e. The van der Waals surface area contributed by atoms with Crippen molar-refractivity contribution in [3.63, 3.8) is 0 Å². The maximum atomic E-state index is 12.8. The number of unbranched alkanes of at least 4 members (excludes halogenated alkanes) is 1. The van der Waals surface area contributed by atoms with Crippen molar-refractivity contribution in [3.8, 4) is 5.75 Å². The number of hydrogen-bond acceptors (Lipinski definition) is 9. The molecule has 180 valence electrons. The van der Waals surface area contributed by atoms with E-state index in [1.165, 1.54) is 43.1 Å². The molecule has 1 aliphatic heterocycles. The number of nitro benzene ring substituents is 1. The van der Waals surface area contributed by atoms with Crippen molar-refractivity contribution in [1.29, 1.82) is 0 Å². The van der Waals surface area contributed by atoms with E-state index in [-0.39, 0.29) is 27.5 Å². The van der Waals surface area contributed by atoms with Crippen LogP contribution in [-0.4, -0.2) is 35.9 Å². The molecule has 1 fully saturated rings. The minimum absolute atomic E-state index is 0.0123. The lowest BCUT2D eigenvalue weighted by Gasteiger charge is -2.10. The van der Waals surface area contributed by atoms with Crippen LogP contribution in [-0.2, 0) is 14.9 Å². The zero-order valence-corrected chi connectivity index (χ0v) is 20.5. The lowest BCUT2D eigenvalue weighted by molar-refractivity contribution is -0.385. The van der Waals surface area contributed by atoms with Crippen LogP contribution in [0.3, 0.4) is 0 Å². The normalized spacial score (nSPS) is 17.3. The fraction of sp³-hybridized carbons (Fsp3) is 0.318. The number of carbonyl (C=O) groups is 1. The number of hydrogen-bond donors (Lipinski definition) is 1. The van der Waals surface area contributed by atoms with E-state index in [4.69, 9.17) is 4.18 Å². The van der Waals surface area contributed by atoms with E-state index in [2.05, 4.69) is 22.4 Å². The Balaban J connectivity index is 1.82. The first-order valence-corrected chi connectivity index (χ1v) is 12.8. The Kier molecular flexibility index (Phi) is 8.05. The zero-order chi connectivity index (χ0) is 24.9. The molecule has 0 radical (unpaired) electrons. The molecule has 0 aliphatic carbocycles. The van der Waals surface area contributed by atoms with Gasteiger partial charge in [-0.05, 0) is 38.5 Å². The highest BCUT2D eigenvalue weighted by molar-refractivity contribution is 8.15. The van der Waals surface area contributed by atoms with Crippen LogP contribution in [0.15, 0.2) is 51.5 Å². The fourth-order valence-corrected chi connectivity index (χ4v) is 5.08. The molecule has 0 bridgehead atoms. The SMILES string of the molecule is CCCC[C@H]1SC(=NN=Cc2cc(C)ccc2OS(=O)(=O)c2ccc(C)c([N+](=O)[O-])c2)NC1=O. The first-order valence-electron chi connectivity index (χ1n) is 10.5. The highest BCUT2D eigenvalue weighted by Crippen LogP contribution is 2.27. The summed E-state index contributed by atoms with van der Waals surface area (Å²) in [5.74, 6) is -0.119. The second-order valence-corrected chi connectivity index (χ2v) is 10.4. The highest BCUT2D eigenvalue weighted by Gasteiger charge is 2.29. The second kappa shape index (κ2) is 10.8. The molecule has 1 heterocycles. The summed E-state index contributed by atoms with van der Waals surface area (Å²) in [5.41, 5.74) is 1.18. The van der Waals surface area contributed by atoms with E-state index in [9.17, 15) is 23.3 Å². The van der Waals surface area contributed by atoms with E-state index in [1.54, 1.807) is 12.1 Å². The topological polar surface area (TPSA) is 140 Å². The molecule has 1 N–H and O–H groups in total. The summed E-state index contributed by atoms with van der Waals surface area (Å²) in [6.45, 7) is 5.39. The van der Waals surface area contributed by atoms with Gasteiger partial charge in [0.25, 0.3) is 5.69 Å². The molecule has 1 aliphatic rings. The van der Waals surface area contributed by atoms with Gasteiger partial charge in [-0.15, -0.1) is 5.10 Å². The van der Waals surface area contributed by atoms with Crippen molar-refractivity contribution in [2.75, 3.05) is 0 Å². The van der Waals surface area contributed by atoms with Crippen molar-refractivity contribution in [1.82, 2.24) is 5.32 Å². The average Bonchev–Trinajstić information content (AvgIpc) is 3.13. The van der Waals surface area contributed by atoms with Gasteiger partial charge < -0.3 is 9.50 Å². The van der Waals surface area contributed by atoms with E-state index >= 15 is 0 Å². The van der Waals surface area contributed by atoms with Crippen molar-refractivity contribution in [2.45, 2.75) is 50.2 Å².